The number of amides is 1. The minimum absolute atomic E-state index is 0.343. The number of hydrogen-bond donors (Lipinski definition) is 2. The fraction of sp³-hybridized carbons (Fsp3) is 0.316. The third-order valence-corrected chi connectivity index (χ3v) is 4.96. The maximum absolute atomic E-state index is 12.3. The SMILES string of the molecule is CC(C)(C)OC(=O)NC(c1ccc(Cl)c(Cl)c1)C(O)c1ccc(I)cc1. The molecule has 2 rings (SSSR count). The molecule has 2 N–H and O–H groups in total. The number of ether oxygens (including phenoxy) is 1. The highest BCUT2D eigenvalue weighted by Gasteiger charge is 2.27. The number of nitrogens with one attached hydrogen (secondary N) is 1. The second-order valence-corrected chi connectivity index (χ2v) is 8.85. The third-order valence-electron chi connectivity index (χ3n) is 3.50. The van der Waals surface area contributed by atoms with E-state index in [9.17, 15) is 9.90 Å². The number of carbonyl (C=O) groups is 1. The Kier molecular flexibility index (Phi) is 7.19. The Morgan fingerprint density at radius 1 is 1.08 bits per heavy atom. The van der Waals surface area contributed by atoms with E-state index >= 15 is 0 Å². The van der Waals surface area contributed by atoms with Gasteiger partial charge in [0.2, 0.25) is 0 Å². The van der Waals surface area contributed by atoms with Gasteiger partial charge in [-0.2, -0.15) is 0 Å². The molecular formula is C19H20Cl2INO3. The Morgan fingerprint density at radius 2 is 1.65 bits per heavy atom. The fourth-order valence-electron chi connectivity index (χ4n) is 2.34. The predicted molar refractivity (Wildman–Crippen MR) is 113 cm³/mol. The van der Waals surface area contributed by atoms with Crippen LogP contribution in [0.4, 0.5) is 4.79 Å². The number of hydrogen-bond acceptors (Lipinski definition) is 3. The summed E-state index contributed by atoms with van der Waals surface area (Å²) in [6.45, 7) is 5.32. The Labute approximate surface area is 177 Å². The lowest BCUT2D eigenvalue weighted by Crippen LogP contribution is -2.37. The number of aliphatic hydroxyl groups is 1. The van der Waals surface area contributed by atoms with Gasteiger partial charge in [-0.15, -0.1) is 0 Å². The summed E-state index contributed by atoms with van der Waals surface area (Å²) in [7, 11) is 0. The van der Waals surface area contributed by atoms with Crippen LogP contribution in [0, 0.1) is 3.57 Å². The molecule has 0 bridgehead atoms. The van der Waals surface area contributed by atoms with Crippen molar-refractivity contribution in [3.63, 3.8) is 0 Å². The van der Waals surface area contributed by atoms with E-state index in [4.69, 9.17) is 27.9 Å². The van der Waals surface area contributed by atoms with Crippen molar-refractivity contribution in [3.8, 4) is 0 Å². The van der Waals surface area contributed by atoms with Gasteiger partial charge < -0.3 is 15.2 Å². The van der Waals surface area contributed by atoms with Crippen LogP contribution in [-0.4, -0.2) is 16.8 Å². The monoisotopic (exact) mass is 507 g/mol. The molecule has 4 nitrogen and oxygen atoms in total. The normalized spacial score (nSPS) is 13.8. The van der Waals surface area contributed by atoms with Gasteiger partial charge in [0.1, 0.15) is 11.7 Å². The largest absolute Gasteiger partial charge is 0.444 e. The number of carbonyl (C=O) groups excluding carboxylic acids is 1. The number of alkyl carbamates (subject to hydrolysis) is 1. The van der Waals surface area contributed by atoms with Crippen LogP contribution in [0.1, 0.15) is 44.0 Å². The summed E-state index contributed by atoms with van der Waals surface area (Å²) < 4.78 is 6.37. The lowest BCUT2D eigenvalue weighted by molar-refractivity contribution is 0.0419. The number of aliphatic hydroxyl groups excluding tert-OH is 1. The van der Waals surface area contributed by atoms with E-state index in [0.717, 1.165) is 3.57 Å². The molecule has 7 heteroatoms. The maximum Gasteiger partial charge on any atom is 0.408 e. The van der Waals surface area contributed by atoms with Crippen LogP contribution in [-0.2, 0) is 4.74 Å². The van der Waals surface area contributed by atoms with Gasteiger partial charge in [0.25, 0.3) is 0 Å². The van der Waals surface area contributed by atoms with Gasteiger partial charge in [0, 0.05) is 3.57 Å². The molecule has 1 amide bonds. The molecule has 2 aromatic carbocycles. The molecule has 0 heterocycles. The van der Waals surface area contributed by atoms with Crippen molar-refractivity contribution < 1.29 is 14.6 Å². The second kappa shape index (κ2) is 8.78. The first kappa shape index (κ1) is 21.3. The molecule has 2 aromatic rings. The lowest BCUT2D eigenvalue weighted by Gasteiger charge is -2.27. The van der Waals surface area contributed by atoms with E-state index in [1.165, 1.54) is 0 Å². The molecule has 0 aliphatic rings. The minimum Gasteiger partial charge on any atom is -0.444 e. The Morgan fingerprint density at radius 3 is 2.19 bits per heavy atom. The third kappa shape index (κ3) is 6.01. The molecule has 140 valence electrons. The zero-order chi connectivity index (χ0) is 19.5. The number of halogens is 3. The summed E-state index contributed by atoms with van der Waals surface area (Å²) in [5, 5.41) is 14.4. The van der Waals surface area contributed by atoms with E-state index in [2.05, 4.69) is 27.9 Å². The first-order valence-electron chi connectivity index (χ1n) is 7.95. The van der Waals surface area contributed by atoms with Crippen LogP contribution < -0.4 is 5.32 Å². The Balaban J connectivity index is 2.35. The van der Waals surface area contributed by atoms with Crippen LogP contribution >= 0.6 is 45.8 Å². The maximum atomic E-state index is 12.3. The second-order valence-electron chi connectivity index (χ2n) is 6.79. The topological polar surface area (TPSA) is 58.6 Å². The summed E-state index contributed by atoms with van der Waals surface area (Å²) in [6, 6.07) is 11.6. The van der Waals surface area contributed by atoms with Crippen molar-refractivity contribution in [2.24, 2.45) is 0 Å². The van der Waals surface area contributed by atoms with Crippen molar-refractivity contribution in [2.45, 2.75) is 38.5 Å². The van der Waals surface area contributed by atoms with Crippen molar-refractivity contribution in [1.82, 2.24) is 5.32 Å². The zero-order valence-corrected chi connectivity index (χ0v) is 18.3. The minimum atomic E-state index is -0.989. The van der Waals surface area contributed by atoms with Gasteiger partial charge in [0.05, 0.1) is 16.1 Å². The van der Waals surface area contributed by atoms with Gasteiger partial charge in [-0.1, -0.05) is 41.4 Å². The van der Waals surface area contributed by atoms with E-state index in [-0.39, 0.29) is 0 Å². The molecule has 0 fully saturated rings. The highest BCUT2D eigenvalue weighted by molar-refractivity contribution is 14.1. The van der Waals surface area contributed by atoms with E-state index in [1.54, 1.807) is 39.0 Å². The van der Waals surface area contributed by atoms with E-state index in [1.807, 2.05) is 24.3 Å². The molecule has 0 aliphatic heterocycles. The van der Waals surface area contributed by atoms with Crippen LogP contribution in [0.2, 0.25) is 10.0 Å². The van der Waals surface area contributed by atoms with Crippen LogP contribution in [0.15, 0.2) is 42.5 Å². The highest BCUT2D eigenvalue weighted by atomic mass is 127. The molecule has 2 unspecified atom stereocenters. The van der Waals surface area contributed by atoms with E-state index < -0.39 is 23.8 Å². The lowest BCUT2D eigenvalue weighted by atomic mass is 9.96. The highest BCUT2D eigenvalue weighted by Crippen LogP contribution is 2.33. The molecule has 0 radical (unpaired) electrons. The quantitative estimate of drug-likeness (QED) is 0.506. The first-order valence-corrected chi connectivity index (χ1v) is 9.78. The average Bonchev–Trinajstić information content (AvgIpc) is 2.54. The van der Waals surface area contributed by atoms with Crippen LogP contribution in [0.3, 0.4) is 0 Å². The zero-order valence-electron chi connectivity index (χ0n) is 14.6. The fourth-order valence-corrected chi connectivity index (χ4v) is 3.00. The predicted octanol–water partition coefficient (Wildman–Crippen LogP) is 5.90. The number of benzene rings is 2. The van der Waals surface area contributed by atoms with Gasteiger partial charge in [-0.3, -0.25) is 0 Å². The Bertz CT molecular complexity index is 775. The van der Waals surface area contributed by atoms with Crippen molar-refractivity contribution in [1.29, 1.82) is 0 Å². The molecule has 0 aromatic heterocycles. The first-order chi connectivity index (χ1) is 12.1. The van der Waals surface area contributed by atoms with Crippen molar-refractivity contribution >= 4 is 51.9 Å². The van der Waals surface area contributed by atoms with Gasteiger partial charge in [0.15, 0.2) is 0 Å². The molecule has 2 atom stereocenters. The molecular weight excluding hydrogens is 488 g/mol. The molecule has 0 saturated carbocycles. The van der Waals surface area contributed by atoms with Crippen LogP contribution in [0.5, 0.6) is 0 Å². The average molecular weight is 508 g/mol. The molecule has 0 saturated heterocycles. The Hall–Kier alpha value is -1.02. The summed E-state index contributed by atoms with van der Waals surface area (Å²) in [4.78, 5) is 12.3. The van der Waals surface area contributed by atoms with Gasteiger partial charge in [-0.25, -0.2) is 4.79 Å². The van der Waals surface area contributed by atoms with Crippen LogP contribution in [0.25, 0.3) is 0 Å². The van der Waals surface area contributed by atoms with Crippen molar-refractivity contribution in [2.75, 3.05) is 0 Å². The summed E-state index contributed by atoms with van der Waals surface area (Å²) in [5.41, 5.74) is 0.633. The molecule has 0 aliphatic carbocycles. The number of rotatable bonds is 4. The van der Waals surface area contributed by atoms with Crippen molar-refractivity contribution in [3.05, 3.63) is 67.2 Å². The summed E-state index contributed by atoms with van der Waals surface area (Å²) in [6.07, 6.45) is -1.62. The standard InChI is InChI=1S/C19H20Cl2INO3/c1-19(2,3)26-18(25)23-16(12-6-9-14(20)15(21)10-12)17(24)11-4-7-13(22)8-5-11/h4-10,16-17,24H,1-3H3,(H,23,25). The van der Waals surface area contributed by atoms with Gasteiger partial charge in [-0.05, 0) is 78.8 Å². The summed E-state index contributed by atoms with van der Waals surface area (Å²) >= 11 is 14.3. The molecule has 26 heavy (non-hydrogen) atoms. The summed E-state index contributed by atoms with van der Waals surface area (Å²) in [5.74, 6) is 0. The van der Waals surface area contributed by atoms with Gasteiger partial charge >= 0.3 is 6.09 Å². The smallest absolute Gasteiger partial charge is 0.408 e. The van der Waals surface area contributed by atoms with E-state index in [0.29, 0.717) is 21.2 Å². The molecule has 0 spiro atoms.